The summed E-state index contributed by atoms with van der Waals surface area (Å²) in [7, 11) is 1.57. The number of methoxy groups -OCH3 is 1. The molecule has 2 rings (SSSR count). The molecule has 5 nitrogen and oxygen atoms in total. The first kappa shape index (κ1) is 17.6. The Balaban J connectivity index is 2.08. The molecule has 1 aromatic rings. The zero-order chi connectivity index (χ0) is 17.0. The lowest BCUT2D eigenvalue weighted by molar-refractivity contribution is 0.0521. The maximum absolute atomic E-state index is 12.6. The van der Waals surface area contributed by atoms with E-state index in [9.17, 15) is 9.90 Å². The Labute approximate surface area is 138 Å². The smallest absolute Gasteiger partial charge is 0.253 e. The van der Waals surface area contributed by atoms with Gasteiger partial charge >= 0.3 is 0 Å². The van der Waals surface area contributed by atoms with Crippen LogP contribution in [0.25, 0.3) is 0 Å². The number of amides is 1. The minimum atomic E-state index is -0.306. The summed E-state index contributed by atoms with van der Waals surface area (Å²) in [5.74, 6) is 1.51. The van der Waals surface area contributed by atoms with Gasteiger partial charge in [0.25, 0.3) is 5.91 Å². The zero-order valence-corrected chi connectivity index (χ0v) is 14.4. The topological polar surface area (TPSA) is 59.0 Å². The van der Waals surface area contributed by atoms with Crippen LogP contribution in [0.15, 0.2) is 18.2 Å². The molecule has 1 N–H and O–H groups in total. The summed E-state index contributed by atoms with van der Waals surface area (Å²) in [6.07, 6.45) is 1.43. The van der Waals surface area contributed by atoms with Gasteiger partial charge in [-0.2, -0.15) is 0 Å². The molecule has 23 heavy (non-hydrogen) atoms. The van der Waals surface area contributed by atoms with Crippen LogP contribution in [0, 0.1) is 5.92 Å². The second kappa shape index (κ2) is 7.68. The molecular weight excluding hydrogens is 294 g/mol. The van der Waals surface area contributed by atoms with E-state index in [4.69, 9.17) is 9.47 Å². The number of hydrogen-bond donors (Lipinski definition) is 1. The molecule has 1 aromatic carbocycles. The van der Waals surface area contributed by atoms with E-state index >= 15 is 0 Å². The highest BCUT2D eigenvalue weighted by Crippen LogP contribution is 2.30. The van der Waals surface area contributed by atoms with E-state index in [-0.39, 0.29) is 24.0 Å². The van der Waals surface area contributed by atoms with E-state index in [0.717, 1.165) is 12.8 Å². The Morgan fingerprint density at radius 1 is 1.22 bits per heavy atom. The summed E-state index contributed by atoms with van der Waals surface area (Å²) in [5.41, 5.74) is 0.605. The number of piperidine rings is 1. The summed E-state index contributed by atoms with van der Waals surface area (Å²) in [5, 5.41) is 9.66. The molecule has 0 spiro atoms. The molecule has 1 atom stereocenters. The molecule has 1 aliphatic heterocycles. The van der Waals surface area contributed by atoms with Crippen LogP contribution in [0.5, 0.6) is 11.5 Å². The third-order valence-electron chi connectivity index (χ3n) is 4.28. The Kier molecular flexibility index (Phi) is 5.88. The van der Waals surface area contributed by atoms with Gasteiger partial charge in [-0.3, -0.25) is 4.79 Å². The van der Waals surface area contributed by atoms with Crippen molar-refractivity contribution in [2.45, 2.75) is 45.8 Å². The molecular formula is C18H27NO4. The van der Waals surface area contributed by atoms with Crippen molar-refractivity contribution in [1.82, 2.24) is 4.90 Å². The van der Waals surface area contributed by atoms with Gasteiger partial charge in [-0.1, -0.05) is 0 Å². The first-order valence-electron chi connectivity index (χ1n) is 8.24. The predicted molar refractivity (Wildman–Crippen MR) is 89.1 cm³/mol. The Hall–Kier alpha value is -1.75. The van der Waals surface area contributed by atoms with Crippen LogP contribution < -0.4 is 9.47 Å². The van der Waals surface area contributed by atoms with Crippen molar-refractivity contribution in [2.75, 3.05) is 20.2 Å². The molecule has 0 bridgehead atoms. The van der Waals surface area contributed by atoms with Gasteiger partial charge in [0.15, 0.2) is 11.5 Å². The van der Waals surface area contributed by atoms with E-state index in [2.05, 4.69) is 0 Å². The van der Waals surface area contributed by atoms with Crippen molar-refractivity contribution in [3.8, 4) is 11.5 Å². The number of aliphatic hydroxyl groups excluding tert-OH is 1. The van der Waals surface area contributed by atoms with Crippen molar-refractivity contribution in [3.63, 3.8) is 0 Å². The fourth-order valence-electron chi connectivity index (χ4n) is 2.92. The number of likely N-dealkylation sites (tertiary alicyclic amines) is 1. The summed E-state index contributed by atoms with van der Waals surface area (Å²) in [6, 6.07) is 5.30. The normalized spacial score (nSPS) is 17.2. The predicted octanol–water partition coefficient (Wildman–Crippen LogP) is 2.72. The lowest BCUT2D eigenvalue weighted by atomic mass is 9.92. The Morgan fingerprint density at radius 2 is 1.87 bits per heavy atom. The lowest BCUT2D eigenvalue weighted by Crippen LogP contribution is -2.40. The van der Waals surface area contributed by atoms with Gasteiger partial charge < -0.3 is 19.5 Å². The highest BCUT2D eigenvalue weighted by Gasteiger charge is 2.26. The third-order valence-corrected chi connectivity index (χ3v) is 4.28. The number of ether oxygens (including phenoxy) is 2. The third kappa shape index (κ3) is 4.38. The Bertz CT molecular complexity index is 534. The molecule has 1 amide bonds. The van der Waals surface area contributed by atoms with Gasteiger partial charge in [0, 0.05) is 18.7 Å². The molecule has 0 saturated carbocycles. The van der Waals surface area contributed by atoms with Crippen LogP contribution in [-0.2, 0) is 0 Å². The molecule has 1 unspecified atom stereocenters. The van der Waals surface area contributed by atoms with Crippen LogP contribution in [0.2, 0.25) is 0 Å². The molecule has 0 aliphatic carbocycles. The number of hydrogen-bond acceptors (Lipinski definition) is 4. The maximum Gasteiger partial charge on any atom is 0.253 e. The number of carbonyl (C=O) groups excluding carboxylic acids is 1. The second-order valence-corrected chi connectivity index (χ2v) is 6.40. The molecule has 1 saturated heterocycles. The van der Waals surface area contributed by atoms with Crippen molar-refractivity contribution in [1.29, 1.82) is 0 Å². The number of benzene rings is 1. The summed E-state index contributed by atoms with van der Waals surface area (Å²) in [6.45, 7) is 7.08. The Morgan fingerprint density at radius 3 is 2.39 bits per heavy atom. The van der Waals surface area contributed by atoms with E-state index < -0.39 is 0 Å². The van der Waals surface area contributed by atoms with Crippen molar-refractivity contribution >= 4 is 5.91 Å². The van der Waals surface area contributed by atoms with Crippen molar-refractivity contribution in [3.05, 3.63) is 23.8 Å². The van der Waals surface area contributed by atoms with E-state index in [1.54, 1.807) is 25.3 Å². The highest BCUT2D eigenvalue weighted by atomic mass is 16.5. The molecule has 0 aromatic heterocycles. The first-order chi connectivity index (χ1) is 10.9. The second-order valence-electron chi connectivity index (χ2n) is 6.40. The summed E-state index contributed by atoms with van der Waals surface area (Å²) >= 11 is 0. The van der Waals surface area contributed by atoms with Gasteiger partial charge in [-0.05, 0) is 57.7 Å². The lowest BCUT2D eigenvalue weighted by Gasteiger charge is -2.33. The molecule has 5 heteroatoms. The maximum atomic E-state index is 12.6. The molecule has 1 aliphatic rings. The molecule has 1 heterocycles. The minimum absolute atomic E-state index is 0.00318. The van der Waals surface area contributed by atoms with Crippen molar-refractivity contribution in [2.24, 2.45) is 5.92 Å². The summed E-state index contributed by atoms with van der Waals surface area (Å²) < 4.78 is 11.0. The fourth-order valence-corrected chi connectivity index (χ4v) is 2.92. The molecule has 1 fully saturated rings. The van der Waals surface area contributed by atoms with Crippen LogP contribution in [0.3, 0.4) is 0 Å². The highest BCUT2D eigenvalue weighted by molar-refractivity contribution is 5.95. The zero-order valence-electron chi connectivity index (χ0n) is 14.4. The number of nitrogens with zero attached hydrogens (tertiary/aromatic N) is 1. The largest absolute Gasteiger partial charge is 0.493 e. The van der Waals surface area contributed by atoms with Gasteiger partial charge in [0.1, 0.15) is 0 Å². The van der Waals surface area contributed by atoms with Gasteiger partial charge in [-0.25, -0.2) is 0 Å². The SMILES string of the molecule is COc1cc(C(=O)N2CCC(C(C)O)CC2)ccc1OC(C)C. The number of aliphatic hydroxyl groups is 1. The number of carbonyl (C=O) groups is 1. The summed E-state index contributed by atoms with van der Waals surface area (Å²) in [4.78, 5) is 14.5. The average Bonchev–Trinajstić information content (AvgIpc) is 2.54. The van der Waals surface area contributed by atoms with Crippen LogP contribution >= 0.6 is 0 Å². The van der Waals surface area contributed by atoms with Crippen molar-refractivity contribution < 1.29 is 19.4 Å². The first-order valence-corrected chi connectivity index (χ1v) is 8.24. The minimum Gasteiger partial charge on any atom is -0.493 e. The fraction of sp³-hybridized carbons (Fsp3) is 0.611. The quantitative estimate of drug-likeness (QED) is 0.906. The van der Waals surface area contributed by atoms with Crippen LogP contribution in [-0.4, -0.2) is 48.3 Å². The van der Waals surface area contributed by atoms with E-state index in [1.165, 1.54) is 0 Å². The monoisotopic (exact) mass is 321 g/mol. The van der Waals surface area contributed by atoms with Gasteiger partial charge in [-0.15, -0.1) is 0 Å². The molecule has 0 radical (unpaired) electrons. The van der Waals surface area contributed by atoms with E-state index in [0.29, 0.717) is 30.2 Å². The van der Waals surface area contributed by atoms with Crippen LogP contribution in [0.4, 0.5) is 0 Å². The standard InChI is InChI=1S/C18H27NO4/c1-12(2)23-16-6-5-15(11-17(16)22-4)18(21)19-9-7-14(8-10-19)13(3)20/h5-6,11-14,20H,7-10H2,1-4H3. The average molecular weight is 321 g/mol. The van der Waals surface area contributed by atoms with Crippen LogP contribution in [0.1, 0.15) is 44.0 Å². The van der Waals surface area contributed by atoms with Gasteiger partial charge in [0.2, 0.25) is 0 Å². The molecule has 128 valence electrons. The van der Waals surface area contributed by atoms with E-state index in [1.807, 2.05) is 25.7 Å². The van der Waals surface area contributed by atoms with Gasteiger partial charge in [0.05, 0.1) is 19.3 Å². The number of rotatable bonds is 5.